The average molecular weight is 281 g/mol. The van der Waals surface area contributed by atoms with Gasteiger partial charge in [-0.15, -0.1) is 0 Å². The minimum atomic E-state index is 0.0739. The van der Waals surface area contributed by atoms with Crippen LogP contribution in [-0.4, -0.2) is 17.1 Å². The summed E-state index contributed by atoms with van der Waals surface area (Å²) in [6.07, 6.45) is 3.78. The first kappa shape index (κ1) is 13.9. The molecule has 0 atom stereocenters. The molecule has 3 rings (SSSR count). The quantitative estimate of drug-likeness (QED) is 0.904. The van der Waals surface area contributed by atoms with E-state index in [0.717, 1.165) is 13.1 Å². The second kappa shape index (κ2) is 5.06. The second-order valence-electron chi connectivity index (χ2n) is 6.57. The Morgan fingerprint density at radius 3 is 2.71 bits per heavy atom. The number of nitrogens with zero attached hydrogens (tertiary/aromatic N) is 2. The van der Waals surface area contributed by atoms with Gasteiger partial charge < -0.3 is 10.2 Å². The molecule has 0 amide bonds. The van der Waals surface area contributed by atoms with E-state index < -0.39 is 0 Å². The maximum atomic E-state index is 4.24. The third-order valence-electron chi connectivity index (χ3n) is 4.41. The van der Waals surface area contributed by atoms with Crippen LogP contribution in [0, 0.1) is 13.8 Å². The van der Waals surface area contributed by atoms with Crippen molar-refractivity contribution in [3.05, 3.63) is 53.3 Å². The van der Waals surface area contributed by atoms with Crippen LogP contribution < -0.4 is 10.2 Å². The fourth-order valence-electron chi connectivity index (χ4n) is 2.87. The zero-order valence-electron chi connectivity index (χ0n) is 13.3. The lowest BCUT2D eigenvalue weighted by atomic mass is 9.95. The van der Waals surface area contributed by atoms with E-state index in [0.29, 0.717) is 0 Å². The smallest absolute Gasteiger partial charge is 0.0612 e. The molecule has 0 fully saturated rings. The first-order valence-electron chi connectivity index (χ1n) is 7.49. The third kappa shape index (κ3) is 2.60. The Hall–Kier alpha value is -2.03. The van der Waals surface area contributed by atoms with E-state index in [4.69, 9.17) is 0 Å². The molecule has 0 aliphatic carbocycles. The molecule has 1 aromatic heterocycles. The molecule has 0 saturated carbocycles. The summed E-state index contributed by atoms with van der Waals surface area (Å²) < 4.78 is 0. The van der Waals surface area contributed by atoms with E-state index in [1.165, 1.54) is 28.1 Å². The van der Waals surface area contributed by atoms with Crippen LogP contribution in [0.15, 0.2) is 36.7 Å². The molecular weight excluding hydrogens is 258 g/mol. The molecule has 21 heavy (non-hydrogen) atoms. The number of anilines is 2. The van der Waals surface area contributed by atoms with Crippen molar-refractivity contribution >= 4 is 11.4 Å². The predicted octanol–water partition coefficient (Wildman–Crippen LogP) is 3.91. The fraction of sp³-hybridized carbons (Fsp3) is 0.389. The van der Waals surface area contributed by atoms with Crippen LogP contribution in [0.1, 0.15) is 30.5 Å². The number of pyridine rings is 1. The predicted molar refractivity (Wildman–Crippen MR) is 88.9 cm³/mol. The molecule has 110 valence electrons. The van der Waals surface area contributed by atoms with Gasteiger partial charge in [-0.25, -0.2) is 0 Å². The number of aryl methyl sites for hydroxylation is 2. The van der Waals surface area contributed by atoms with E-state index in [1.54, 1.807) is 0 Å². The minimum Gasteiger partial charge on any atom is -0.381 e. The van der Waals surface area contributed by atoms with Crippen molar-refractivity contribution < 1.29 is 0 Å². The van der Waals surface area contributed by atoms with Gasteiger partial charge in [-0.3, -0.25) is 4.98 Å². The number of nitrogens with one attached hydrogen (secondary N) is 1. The van der Waals surface area contributed by atoms with Crippen molar-refractivity contribution in [2.75, 3.05) is 16.8 Å². The molecule has 0 saturated heterocycles. The van der Waals surface area contributed by atoms with Crippen molar-refractivity contribution in [1.82, 2.24) is 4.98 Å². The highest BCUT2D eigenvalue weighted by atomic mass is 15.3. The summed E-state index contributed by atoms with van der Waals surface area (Å²) in [5, 5.41) is 3.58. The number of fused-ring (bicyclic) bond motifs is 1. The van der Waals surface area contributed by atoms with Gasteiger partial charge in [0.05, 0.1) is 16.9 Å². The van der Waals surface area contributed by atoms with Gasteiger partial charge in [0, 0.05) is 25.5 Å². The average Bonchev–Trinajstić information content (AvgIpc) is 2.46. The van der Waals surface area contributed by atoms with Crippen LogP contribution in [0.3, 0.4) is 0 Å². The second-order valence-corrected chi connectivity index (χ2v) is 6.57. The van der Waals surface area contributed by atoms with Gasteiger partial charge >= 0.3 is 0 Å². The molecule has 3 heteroatoms. The molecule has 2 heterocycles. The van der Waals surface area contributed by atoms with Crippen LogP contribution >= 0.6 is 0 Å². The Labute approximate surface area is 127 Å². The van der Waals surface area contributed by atoms with Crippen LogP contribution in [0.2, 0.25) is 0 Å². The third-order valence-corrected chi connectivity index (χ3v) is 4.41. The lowest BCUT2D eigenvalue weighted by Crippen LogP contribution is -2.51. The standard InChI is InChI=1S/C18H23N3/c1-13-8-16-17(9-14(13)2)21(18(3,4)12-20-16)11-15-6-5-7-19-10-15/h5-10,20H,11-12H2,1-4H3. The summed E-state index contributed by atoms with van der Waals surface area (Å²) in [4.78, 5) is 6.73. The monoisotopic (exact) mass is 281 g/mol. The number of aromatic nitrogens is 1. The van der Waals surface area contributed by atoms with E-state index in [-0.39, 0.29) is 5.54 Å². The van der Waals surface area contributed by atoms with Crippen molar-refractivity contribution in [3.8, 4) is 0 Å². The molecule has 1 aliphatic heterocycles. The SMILES string of the molecule is Cc1cc2c(cc1C)N(Cc1cccnc1)C(C)(C)CN2. The highest BCUT2D eigenvalue weighted by Gasteiger charge is 2.32. The highest BCUT2D eigenvalue weighted by molar-refractivity contribution is 5.75. The van der Waals surface area contributed by atoms with Crippen LogP contribution in [0.5, 0.6) is 0 Å². The summed E-state index contributed by atoms with van der Waals surface area (Å²) in [7, 11) is 0. The van der Waals surface area contributed by atoms with Gasteiger partial charge in [0.2, 0.25) is 0 Å². The van der Waals surface area contributed by atoms with Gasteiger partial charge in [-0.1, -0.05) is 6.07 Å². The molecule has 1 aromatic carbocycles. The van der Waals surface area contributed by atoms with Gasteiger partial charge in [-0.05, 0) is 62.6 Å². The van der Waals surface area contributed by atoms with E-state index in [1.807, 2.05) is 18.5 Å². The van der Waals surface area contributed by atoms with E-state index in [2.05, 4.69) is 61.1 Å². The lowest BCUT2D eigenvalue weighted by Gasteiger charge is -2.46. The van der Waals surface area contributed by atoms with E-state index in [9.17, 15) is 0 Å². The Bertz CT molecular complexity index is 647. The number of hydrogen-bond acceptors (Lipinski definition) is 3. The Morgan fingerprint density at radius 1 is 1.24 bits per heavy atom. The molecule has 3 nitrogen and oxygen atoms in total. The molecule has 2 aromatic rings. The number of hydrogen-bond donors (Lipinski definition) is 1. The van der Waals surface area contributed by atoms with E-state index >= 15 is 0 Å². The maximum Gasteiger partial charge on any atom is 0.0612 e. The maximum absolute atomic E-state index is 4.24. The van der Waals surface area contributed by atoms with Crippen molar-refractivity contribution in [3.63, 3.8) is 0 Å². The largest absolute Gasteiger partial charge is 0.381 e. The van der Waals surface area contributed by atoms with Crippen LogP contribution in [0.25, 0.3) is 0 Å². The van der Waals surface area contributed by atoms with Gasteiger partial charge in [0.15, 0.2) is 0 Å². The summed E-state index contributed by atoms with van der Waals surface area (Å²) in [5.41, 5.74) is 6.52. The highest BCUT2D eigenvalue weighted by Crippen LogP contribution is 2.38. The van der Waals surface area contributed by atoms with Crippen LogP contribution in [0.4, 0.5) is 11.4 Å². The van der Waals surface area contributed by atoms with Gasteiger partial charge in [-0.2, -0.15) is 0 Å². The topological polar surface area (TPSA) is 28.2 Å². The molecule has 0 spiro atoms. The summed E-state index contributed by atoms with van der Waals surface area (Å²) in [6.45, 7) is 10.8. The first-order chi connectivity index (χ1) is 9.97. The molecule has 0 bridgehead atoms. The molecular formula is C18H23N3. The molecule has 1 N–H and O–H groups in total. The van der Waals surface area contributed by atoms with Crippen molar-refractivity contribution in [1.29, 1.82) is 0 Å². The van der Waals surface area contributed by atoms with Gasteiger partial charge in [0.25, 0.3) is 0 Å². The Morgan fingerprint density at radius 2 is 2.00 bits per heavy atom. The van der Waals surface area contributed by atoms with Crippen molar-refractivity contribution in [2.24, 2.45) is 0 Å². The molecule has 0 unspecified atom stereocenters. The zero-order valence-corrected chi connectivity index (χ0v) is 13.3. The van der Waals surface area contributed by atoms with Crippen molar-refractivity contribution in [2.45, 2.75) is 39.8 Å². The fourth-order valence-corrected chi connectivity index (χ4v) is 2.87. The Balaban J connectivity index is 2.03. The molecule has 0 radical (unpaired) electrons. The minimum absolute atomic E-state index is 0.0739. The number of benzene rings is 1. The first-order valence-corrected chi connectivity index (χ1v) is 7.49. The van der Waals surface area contributed by atoms with Gasteiger partial charge in [0.1, 0.15) is 0 Å². The normalized spacial score (nSPS) is 16.3. The molecule has 1 aliphatic rings. The number of rotatable bonds is 2. The summed E-state index contributed by atoms with van der Waals surface area (Å²) in [5.74, 6) is 0. The summed E-state index contributed by atoms with van der Waals surface area (Å²) >= 11 is 0. The zero-order chi connectivity index (χ0) is 15.0. The lowest BCUT2D eigenvalue weighted by molar-refractivity contribution is 0.469. The Kier molecular flexibility index (Phi) is 3.36. The van der Waals surface area contributed by atoms with Crippen LogP contribution in [-0.2, 0) is 6.54 Å². The summed E-state index contributed by atoms with van der Waals surface area (Å²) in [6, 6.07) is 8.71.